The van der Waals surface area contributed by atoms with Crippen molar-refractivity contribution < 1.29 is 8.78 Å². The fourth-order valence-electron chi connectivity index (χ4n) is 2.17. The highest BCUT2D eigenvalue weighted by molar-refractivity contribution is 5.34. The van der Waals surface area contributed by atoms with Gasteiger partial charge in [0.25, 0.3) is 5.92 Å². The molecule has 3 heteroatoms. The van der Waals surface area contributed by atoms with Crippen LogP contribution in [0.25, 0.3) is 0 Å². The van der Waals surface area contributed by atoms with Gasteiger partial charge in [0.05, 0.1) is 5.41 Å². The topological polar surface area (TPSA) is 26.0 Å². The molecule has 0 bridgehead atoms. The molecule has 0 amide bonds. The van der Waals surface area contributed by atoms with Crippen molar-refractivity contribution in [3.8, 4) is 0 Å². The molecule has 0 radical (unpaired) electrons. The lowest BCUT2D eigenvalue weighted by molar-refractivity contribution is -0.0449. The summed E-state index contributed by atoms with van der Waals surface area (Å²) in [7, 11) is 0. The molecule has 0 heterocycles. The summed E-state index contributed by atoms with van der Waals surface area (Å²) in [4.78, 5) is 0. The highest BCUT2D eigenvalue weighted by Crippen LogP contribution is 2.59. The average molecular weight is 211 g/mol. The van der Waals surface area contributed by atoms with E-state index in [0.717, 1.165) is 5.56 Å². The van der Waals surface area contributed by atoms with E-state index in [-0.39, 0.29) is 13.0 Å². The van der Waals surface area contributed by atoms with E-state index in [9.17, 15) is 8.78 Å². The lowest BCUT2D eigenvalue weighted by atomic mass is 9.87. The van der Waals surface area contributed by atoms with E-state index in [1.165, 1.54) is 0 Å². The molecule has 1 nitrogen and oxygen atoms in total. The van der Waals surface area contributed by atoms with Gasteiger partial charge in [-0.15, -0.1) is 0 Å². The Labute approximate surface area is 88.3 Å². The Morgan fingerprint density at radius 2 is 1.80 bits per heavy atom. The molecule has 0 aliphatic heterocycles. The molecule has 0 spiro atoms. The molecule has 1 aliphatic rings. The van der Waals surface area contributed by atoms with Crippen molar-refractivity contribution in [2.75, 3.05) is 6.54 Å². The van der Waals surface area contributed by atoms with Crippen LogP contribution in [0.2, 0.25) is 0 Å². The Kier molecular flexibility index (Phi) is 2.51. The number of rotatable bonds is 4. The Bertz CT molecular complexity index is 331. The molecular weight excluding hydrogens is 196 g/mol. The first-order valence-electron chi connectivity index (χ1n) is 5.26. The summed E-state index contributed by atoms with van der Waals surface area (Å²) < 4.78 is 27.7. The minimum atomic E-state index is -2.66. The highest BCUT2D eigenvalue weighted by atomic mass is 19.3. The van der Waals surface area contributed by atoms with Crippen LogP contribution in [0.4, 0.5) is 8.78 Å². The first-order valence-corrected chi connectivity index (χ1v) is 5.26. The predicted molar refractivity (Wildman–Crippen MR) is 56.0 cm³/mol. The maximum absolute atomic E-state index is 13.9. The number of alkyl halides is 2. The van der Waals surface area contributed by atoms with E-state index in [1.807, 2.05) is 18.2 Å². The van der Waals surface area contributed by atoms with Crippen molar-refractivity contribution in [1.82, 2.24) is 0 Å². The van der Waals surface area contributed by atoms with Crippen molar-refractivity contribution in [3.05, 3.63) is 35.9 Å². The molecule has 1 fully saturated rings. The van der Waals surface area contributed by atoms with Crippen molar-refractivity contribution in [2.24, 2.45) is 5.73 Å². The molecule has 2 rings (SSSR count). The molecule has 1 aliphatic carbocycles. The first-order chi connectivity index (χ1) is 7.12. The maximum Gasteiger partial charge on any atom is 0.258 e. The number of nitrogens with two attached hydrogens (primary N) is 1. The van der Waals surface area contributed by atoms with Crippen LogP contribution in [-0.4, -0.2) is 12.5 Å². The standard InChI is InChI=1S/C12H15F2N/c13-12(14,8-9-15)11(6-7-11)10-4-2-1-3-5-10/h1-5H,6-9,15H2. The van der Waals surface area contributed by atoms with Crippen molar-refractivity contribution >= 4 is 0 Å². The lowest BCUT2D eigenvalue weighted by Gasteiger charge is -2.26. The van der Waals surface area contributed by atoms with Gasteiger partial charge in [-0.3, -0.25) is 0 Å². The SMILES string of the molecule is NCCC(F)(F)C1(c2ccccc2)CC1. The molecule has 15 heavy (non-hydrogen) atoms. The van der Waals surface area contributed by atoms with Gasteiger partial charge in [-0.2, -0.15) is 0 Å². The normalized spacial score (nSPS) is 18.9. The van der Waals surface area contributed by atoms with Crippen LogP contribution in [-0.2, 0) is 5.41 Å². The van der Waals surface area contributed by atoms with Gasteiger partial charge in [0.2, 0.25) is 0 Å². The summed E-state index contributed by atoms with van der Waals surface area (Å²) in [5.41, 5.74) is 5.07. The number of benzene rings is 1. The van der Waals surface area contributed by atoms with Gasteiger partial charge in [0, 0.05) is 6.42 Å². The first kappa shape index (κ1) is 10.6. The highest BCUT2D eigenvalue weighted by Gasteiger charge is 2.61. The lowest BCUT2D eigenvalue weighted by Crippen LogP contribution is -2.35. The van der Waals surface area contributed by atoms with E-state index < -0.39 is 11.3 Å². The molecule has 0 atom stereocenters. The molecule has 0 saturated heterocycles. The summed E-state index contributed by atoms with van der Waals surface area (Å²) in [5, 5.41) is 0. The molecule has 0 unspecified atom stereocenters. The van der Waals surface area contributed by atoms with Crippen LogP contribution >= 0.6 is 0 Å². The zero-order chi connectivity index (χ0) is 10.9. The van der Waals surface area contributed by atoms with Crippen LogP contribution in [0.1, 0.15) is 24.8 Å². The zero-order valence-electron chi connectivity index (χ0n) is 8.55. The monoisotopic (exact) mass is 211 g/mol. The van der Waals surface area contributed by atoms with E-state index in [0.29, 0.717) is 12.8 Å². The van der Waals surface area contributed by atoms with Gasteiger partial charge in [-0.25, -0.2) is 8.78 Å². The summed E-state index contributed by atoms with van der Waals surface area (Å²) in [6, 6.07) is 9.05. The van der Waals surface area contributed by atoms with Gasteiger partial charge in [-0.1, -0.05) is 30.3 Å². The molecule has 1 aromatic carbocycles. The van der Waals surface area contributed by atoms with E-state index in [4.69, 9.17) is 5.73 Å². The van der Waals surface area contributed by atoms with Gasteiger partial charge in [0.15, 0.2) is 0 Å². The van der Waals surface area contributed by atoms with Gasteiger partial charge in [-0.05, 0) is 24.9 Å². The van der Waals surface area contributed by atoms with Gasteiger partial charge < -0.3 is 5.73 Å². The van der Waals surface area contributed by atoms with Crippen molar-refractivity contribution in [2.45, 2.75) is 30.6 Å². The number of hydrogen-bond acceptors (Lipinski definition) is 1. The Morgan fingerprint density at radius 3 is 2.27 bits per heavy atom. The summed E-state index contributed by atoms with van der Waals surface area (Å²) in [6.07, 6.45) is 0.927. The predicted octanol–water partition coefficient (Wildman–Crippen LogP) is 2.70. The fourth-order valence-corrected chi connectivity index (χ4v) is 2.17. The van der Waals surface area contributed by atoms with Crippen molar-refractivity contribution in [1.29, 1.82) is 0 Å². The maximum atomic E-state index is 13.9. The van der Waals surface area contributed by atoms with E-state index in [1.54, 1.807) is 12.1 Å². The van der Waals surface area contributed by atoms with Crippen LogP contribution in [0, 0.1) is 0 Å². The Morgan fingerprint density at radius 1 is 1.20 bits per heavy atom. The molecule has 0 aromatic heterocycles. The average Bonchev–Trinajstić information content (AvgIpc) is 3.00. The summed E-state index contributed by atoms with van der Waals surface area (Å²) in [6.45, 7) is 0.0432. The van der Waals surface area contributed by atoms with Gasteiger partial charge in [0.1, 0.15) is 0 Å². The van der Waals surface area contributed by atoms with Crippen LogP contribution in [0.3, 0.4) is 0 Å². The smallest absolute Gasteiger partial charge is 0.258 e. The van der Waals surface area contributed by atoms with Crippen LogP contribution < -0.4 is 5.73 Å². The minimum absolute atomic E-state index is 0.0432. The van der Waals surface area contributed by atoms with Gasteiger partial charge >= 0.3 is 0 Å². The number of halogens is 2. The third-order valence-electron chi connectivity index (χ3n) is 3.23. The second-order valence-electron chi connectivity index (χ2n) is 4.19. The molecule has 1 saturated carbocycles. The molecular formula is C12H15F2N. The summed E-state index contributed by atoms with van der Waals surface area (Å²) >= 11 is 0. The fraction of sp³-hybridized carbons (Fsp3) is 0.500. The second-order valence-corrected chi connectivity index (χ2v) is 4.19. The largest absolute Gasteiger partial charge is 0.330 e. The van der Waals surface area contributed by atoms with Crippen LogP contribution in [0.5, 0.6) is 0 Å². The Balaban J connectivity index is 2.28. The number of hydrogen-bond donors (Lipinski definition) is 1. The molecule has 2 N–H and O–H groups in total. The second kappa shape index (κ2) is 3.56. The molecule has 1 aromatic rings. The van der Waals surface area contributed by atoms with Crippen molar-refractivity contribution in [3.63, 3.8) is 0 Å². The summed E-state index contributed by atoms with van der Waals surface area (Å²) in [5.74, 6) is -2.66. The van der Waals surface area contributed by atoms with E-state index >= 15 is 0 Å². The quantitative estimate of drug-likeness (QED) is 0.814. The minimum Gasteiger partial charge on any atom is -0.330 e. The zero-order valence-corrected chi connectivity index (χ0v) is 8.55. The third-order valence-corrected chi connectivity index (χ3v) is 3.23. The Hall–Kier alpha value is -0.960. The third kappa shape index (κ3) is 1.65. The molecule has 82 valence electrons. The van der Waals surface area contributed by atoms with E-state index in [2.05, 4.69) is 0 Å². The van der Waals surface area contributed by atoms with Crippen LogP contribution in [0.15, 0.2) is 30.3 Å².